The molecule has 1 aliphatic carbocycles. The molecule has 8 heteroatoms. The zero-order valence-electron chi connectivity index (χ0n) is 9.79. The van der Waals surface area contributed by atoms with Crippen LogP contribution in [0.1, 0.15) is 36.7 Å². The van der Waals surface area contributed by atoms with Crippen LogP contribution in [0.25, 0.3) is 0 Å². The molecule has 1 aromatic heterocycles. The highest BCUT2D eigenvalue weighted by Gasteiger charge is 2.29. The highest BCUT2D eigenvalue weighted by Crippen LogP contribution is 2.33. The third kappa shape index (κ3) is 3.06. The molecular formula is C10H14N2O4S2. The number of hydrogen-bond donors (Lipinski definition) is 2. The van der Waals surface area contributed by atoms with Gasteiger partial charge in [-0.15, -0.1) is 11.3 Å². The Bertz CT molecular complexity index is 548. The average Bonchev–Trinajstić information content (AvgIpc) is 2.91. The molecular weight excluding hydrogens is 276 g/mol. The zero-order chi connectivity index (χ0) is 13.3. The molecule has 2 rings (SSSR count). The molecule has 1 aromatic rings. The summed E-state index contributed by atoms with van der Waals surface area (Å²) in [5.74, 6) is -0.727. The summed E-state index contributed by atoms with van der Waals surface area (Å²) in [4.78, 5) is 14.4. The van der Waals surface area contributed by atoms with E-state index in [4.69, 9.17) is 5.11 Å². The monoisotopic (exact) mass is 290 g/mol. The lowest BCUT2D eigenvalue weighted by Gasteiger charge is -2.12. The third-order valence-electron chi connectivity index (χ3n) is 2.72. The Morgan fingerprint density at radius 1 is 1.67 bits per heavy atom. The van der Waals surface area contributed by atoms with Crippen molar-refractivity contribution in [2.75, 3.05) is 0 Å². The summed E-state index contributed by atoms with van der Waals surface area (Å²) in [5.41, 5.74) is 0.815. The minimum atomic E-state index is -3.78. The van der Waals surface area contributed by atoms with E-state index >= 15 is 0 Å². The Hall–Kier alpha value is -0.990. The van der Waals surface area contributed by atoms with Crippen molar-refractivity contribution in [2.24, 2.45) is 5.92 Å². The molecule has 0 aliphatic heterocycles. The van der Waals surface area contributed by atoms with Crippen molar-refractivity contribution >= 4 is 27.3 Å². The van der Waals surface area contributed by atoms with E-state index in [1.54, 1.807) is 6.92 Å². The second kappa shape index (κ2) is 4.94. The lowest BCUT2D eigenvalue weighted by atomic mass is 10.2. The van der Waals surface area contributed by atoms with E-state index in [-0.39, 0.29) is 10.3 Å². The summed E-state index contributed by atoms with van der Waals surface area (Å²) in [7, 11) is -3.78. The van der Waals surface area contributed by atoms with Crippen molar-refractivity contribution in [3.8, 4) is 0 Å². The summed E-state index contributed by atoms with van der Waals surface area (Å²) in [6, 6.07) is -0.189. The number of nitrogens with zero attached hydrogens (tertiary/aromatic N) is 1. The minimum absolute atomic E-state index is 0.189. The molecule has 1 fully saturated rings. The number of sulfonamides is 1. The molecule has 2 N–H and O–H groups in total. The lowest BCUT2D eigenvalue weighted by Crippen LogP contribution is -2.33. The van der Waals surface area contributed by atoms with Gasteiger partial charge in [-0.25, -0.2) is 22.9 Å². The molecule has 0 spiro atoms. The number of nitrogens with one attached hydrogen (secondary N) is 1. The number of carboxylic acid groups (broad SMARTS) is 1. The van der Waals surface area contributed by atoms with Gasteiger partial charge in [0.25, 0.3) is 10.0 Å². The second-order valence-electron chi connectivity index (χ2n) is 4.49. The number of rotatable bonds is 6. The lowest BCUT2D eigenvalue weighted by molar-refractivity contribution is 0.0687. The fourth-order valence-corrected chi connectivity index (χ4v) is 4.20. The van der Waals surface area contributed by atoms with Gasteiger partial charge in [0.15, 0.2) is 9.90 Å². The first-order chi connectivity index (χ1) is 8.40. The molecule has 1 saturated carbocycles. The largest absolute Gasteiger partial charge is 0.476 e. The fourth-order valence-electron chi connectivity index (χ4n) is 1.79. The van der Waals surface area contributed by atoms with Gasteiger partial charge in [0.05, 0.1) is 5.51 Å². The van der Waals surface area contributed by atoms with Crippen LogP contribution in [0.5, 0.6) is 0 Å². The Balaban J connectivity index is 2.13. The topological polar surface area (TPSA) is 96.4 Å². The van der Waals surface area contributed by atoms with Gasteiger partial charge in [-0.3, -0.25) is 0 Å². The van der Waals surface area contributed by atoms with Gasteiger partial charge >= 0.3 is 5.97 Å². The van der Waals surface area contributed by atoms with Gasteiger partial charge in [-0.05, 0) is 19.3 Å². The van der Waals surface area contributed by atoms with Crippen LogP contribution in [0, 0.1) is 5.92 Å². The molecule has 0 radical (unpaired) electrons. The molecule has 0 amide bonds. The van der Waals surface area contributed by atoms with Crippen molar-refractivity contribution in [3.63, 3.8) is 0 Å². The summed E-state index contributed by atoms with van der Waals surface area (Å²) in [6.07, 6.45) is 3.08. The Kier molecular flexibility index (Phi) is 3.69. The van der Waals surface area contributed by atoms with E-state index in [1.165, 1.54) is 5.51 Å². The number of thiazole rings is 1. The van der Waals surface area contributed by atoms with Crippen molar-refractivity contribution in [1.82, 2.24) is 9.71 Å². The summed E-state index contributed by atoms with van der Waals surface area (Å²) in [5, 5.41) is 8.86. The van der Waals surface area contributed by atoms with Crippen molar-refractivity contribution in [1.29, 1.82) is 0 Å². The van der Waals surface area contributed by atoms with Crippen LogP contribution < -0.4 is 4.72 Å². The molecule has 6 nitrogen and oxygen atoms in total. The molecule has 0 aromatic carbocycles. The Morgan fingerprint density at radius 3 is 2.89 bits per heavy atom. The predicted molar refractivity (Wildman–Crippen MR) is 66.2 cm³/mol. The van der Waals surface area contributed by atoms with E-state index in [2.05, 4.69) is 9.71 Å². The molecule has 100 valence electrons. The van der Waals surface area contributed by atoms with Crippen LogP contribution in [-0.4, -0.2) is 30.5 Å². The Labute approximate surface area is 109 Å². The molecule has 18 heavy (non-hydrogen) atoms. The van der Waals surface area contributed by atoms with Crippen LogP contribution in [0.15, 0.2) is 9.72 Å². The van der Waals surface area contributed by atoms with Crippen molar-refractivity contribution < 1.29 is 18.3 Å². The van der Waals surface area contributed by atoms with Crippen LogP contribution >= 0.6 is 11.3 Å². The van der Waals surface area contributed by atoms with Gasteiger partial charge in [0, 0.05) is 6.04 Å². The standard InChI is InChI=1S/C10H14N2O4S2/c1-6(4-7-2-3-7)12-18(15,16)10-8(9(13)14)11-5-17-10/h5-7,12H,2-4H2,1H3,(H,13,14). The minimum Gasteiger partial charge on any atom is -0.476 e. The normalized spacial score (nSPS) is 17.6. The molecule has 0 bridgehead atoms. The van der Waals surface area contributed by atoms with Gasteiger partial charge in [0.2, 0.25) is 0 Å². The third-order valence-corrected chi connectivity index (χ3v) is 5.68. The average molecular weight is 290 g/mol. The first-order valence-electron chi connectivity index (χ1n) is 5.59. The predicted octanol–water partition coefficient (Wildman–Crippen LogP) is 1.31. The Morgan fingerprint density at radius 2 is 2.33 bits per heavy atom. The number of aromatic nitrogens is 1. The van der Waals surface area contributed by atoms with Gasteiger partial charge in [-0.1, -0.05) is 12.8 Å². The summed E-state index contributed by atoms with van der Waals surface area (Å²) in [6.45, 7) is 1.79. The number of carbonyl (C=O) groups is 1. The SMILES string of the molecule is CC(CC1CC1)NS(=O)(=O)c1scnc1C(=O)O. The maximum Gasteiger partial charge on any atom is 0.356 e. The van der Waals surface area contributed by atoms with Gasteiger partial charge in [0.1, 0.15) is 0 Å². The molecule has 1 atom stereocenters. The van der Waals surface area contributed by atoms with Crippen LogP contribution in [0.3, 0.4) is 0 Å². The van der Waals surface area contributed by atoms with Crippen LogP contribution in [-0.2, 0) is 10.0 Å². The smallest absolute Gasteiger partial charge is 0.356 e. The van der Waals surface area contributed by atoms with E-state index in [0.717, 1.165) is 30.6 Å². The van der Waals surface area contributed by atoms with Crippen molar-refractivity contribution in [3.05, 3.63) is 11.2 Å². The molecule has 0 saturated heterocycles. The van der Waals surface area contributed by atoms with Crippen LogP contribution in [0.4, 0.5) is 0 Å². The van der Waals surface area contributed by atoms with Crippen LogP contribution in [0.2, 0.25) is 0 Å². The quantitative estimate of drug-likeness (QED) is 0.823. The van der Waals surface area contributed by atoms with E-state index in [0.29, 0.717) is 5.92 Å². The second-order valence-corrected chi connectivity index (χ2v) is 7.26. The zero-order valence-corrected chi connectivity index (χ0v) is 11.4. The maximum absolute atomic E-state index is 12.0. The van der Waals surface area contributed by atoms with E-state index < -0.39 is 21.7 Å². The van der Waals surface area contributed by atoms with Gasteiger partial charge < -0.3 is 5.11 Å². The van der Waals surface area contributed by atoms with Gasteiger partial charge in [-0.2, -0.15) is 0 Å². The fraction of sp³-hybridized carbons (Fsp3) is 0.600. The molecule has 1 unspecified atom stereocenters. The number of carboxylic acids is 1. The summed E-state index contributed by atoms with van der Waals surface area (Å²) >= 11 is 0.819. The molecule has 1 heterocycles. The van der Waals surface area contributed by atoms with E-state index in [9.17, 15) is 13.2 Å². The highest BCUT2D eigenvalue weighted by atomic mass is 32.2. The maximum atomic E-state index is 12.0. The molecule has 1 aliphatic rings. The first kappa shape index (κ1) is 13.4. The van der Waals surface area contributed by atoms with E-state index in [1.807, 2.05) is 0 Å². The number of hydrogen-bond acceptors (Lipinski definition) is 5. The highest BCUT2D eigenvalue weighted by molar-refractivity contribution is 7.91. The first-order valence-corrected chi connectivity index (χ1v) is 7.95. The summed E-state index contributed by atoms with van der Waals surface area (Å²) < 4.78 is 26.3. The van der Waals surface area contributed by atoms with Crippen molar-refractivity contribution in [2.45, 2.75) is 36.4 Å². The number of aromatic carboxylic acids is 1.